The van der Waals surface area contributed by atoms with Crippen LogP contribution in [0.15, 0.2) is 0 Å². The Kier molecular flexibility index (Phi) is 8.95. The van der Waals surface area contributed by atoms with Gasteiger partial charge in [-0.05, 0) is 0 Å². The Labute approximate surface area is 138 Å². The molecule has 0 radical (unpaired) electrons. The second-order valence-electron chi connectivity index (χ2n) is 4.95. The van der Waals surface area contributed by atoms with Crippen molar-refractivity contribution >= 4 is 38.6 Å². The van der Waals surface area contributed by atoms with Gasteiger partial charge in [-0.25, -0.2) is 0 Å². The number of carboxylic acid groups (broad SMARTS) is 3. The fraction of sp³-hybridized carbons (Fsp3) is 0.667. The van der Waals surface area contributed by atoms with Crippen molar-refractivity contribution in [1.82, 2.24) is 0 Å². The molecular weight excluding hydrogens is 377 g/mol. The first-order chi connectivity index (χ1) is 10.5. The molecular formula is C12H21N3O7Se. The van der Waals surface area contributed by atoms with Crippen LogP contribution in [0.4, 0.5) is 0 Å². The molecule has 0 aliphatic rings. The second-order valence-corrected chi connectivity index (χ2v) is 7.37. The number of hydrogen-bond acceptors (Lipinski definition) is 7. The SMILES string of the molecule is NC(C[Se]CCC(N)(C(=O)O)C(=O)CC[C@H](N)C(=O)O)C(=O)O. The fourth-order valence-corrected chi connectivity index (χ4v) is 3.67. The van der Waals surface area contributed by atoms with E-state index in [1.54, 1.807) is 0 Å². The van der Waals surface area contributed by atoms with Crippen LogP contribution in [-0.4, -0.2) is 71.6 Å². The third kappa shape index (κ3) is 7.06. The summed E-state index contributed by atoms with van der Waals surface area (Å²) in [4.78, 5) is 44.4. The molecule has 3 atom stereocenters. The monoisotopic (exact) mass is 399 g/mol. The van der Waals surface area contributed by atoms with E-state index in [9.17, 15) is 19.2 Å². The van der Waals surface area contributed by atoms with Crippen molar-refractivity contribution in [2.75, 3.05) is 0 Å². The van der Waals surface area contributed by atoms with Crippen LogP contribution in [0.2, 0.25) is 10.6 Å². The van der Waals surface area contributed by atoms with E-state index in [0.717, 1.165) is 0 Å². The van der Waals surface area contributed by atoms with Crippen LogP contribution < -0.4 is 17.2 Å². The van der Waals surface area contributed by atoms with E-state index in [4.69, 9.17) is 32.5 Å². The number of carbonyl (C=O) groups is 4. The molecule has 0 aromatic carbocycles. The van der Waals surface area contributed by atoms with Crippen molar-refractivity contribution in [1.29, 1.82) is 0 Å². The van der Waals surface area contributed by atoms with Gasteiger partial charge in [-0.1, -0.05) is 0 Å². The van der Waals surface area contributed by atoms with E-state index in [2.05, 4.69) is 0 Å². The molecule has 132 valence electrons. The summed E-state index contributed by atoms with van der Waals surface area (Å²) in [5.74, 6) is -4.76. The zero-order chi connectivity index (χ0) is 18.2. The summed E-state index contributed by atoms with van der Waals surface area (Å²) < 4.78 is 0. The van der Waals surface area contributed by atoms with E-state index >= 15 is 0 Å². The molecule has 0 rings (SSSR count). The predicted molar refractivity (Wildman–Crippen MR) is 80.0 cm³/mol. The summed E-state index contributed by atoms with van der Waals surface area (Å²) in [6, 6.07) is -2.30. The number of carboxylic acids is 3. The van der Waals surface area contributed by atoms with Gasteiger partial charge in [0.1, 0.15) is 0 Å². The zero-order valence-electron chi connectivity index (χ0n) is 12.3. The van der Waals surface area contributed by atoms with Crippen molar-refractivity contribution < 1.29 is 34.5 Å². The van der Waals surface area contributed by atoms with Gasteiger partial charge in [-0.15, -0.1) is 0 Å². The Bertz CT molecular complexity index is 474. The van der Waals surface area contributed by atoms with Crippen LogP contribution in [0.5, 0.6) is 0 Å². The predicted octanol–water partition coefficient (Wildman–Crippen LogP) is -2.13. The standard InChI is InChI=1S/C12H21N3O7Se/c13-6(9(17)18)1-2-8(16)12(15,11(21)22)3-4-23-5-7(14)10(19)20/h6-7H,1-5,13-15H2,(H,17,18)(H,19,20)(H,21,22)/t6-,7?,12?/m0/s1. The molecule has 0 saturated carbocycles. The Hall–Kier alpha value is -1.52. The van der Waals surface area contributed by atoms with Gasteiger partial charge >= 0.3 is 138 Å². The molecule has 0 amide bonds. The first-order valence-electron chi connectivity index (χ1n) is 6.62. The number of Topliss-reactive ketones (excluding diaryl/α,β-unsaturated/α-hetero) is 1. The van der Waals surface area contributed by atoms with Crippen molar-refractivity contribution in [2.24, 2.45) is 17.2 Å². The molecule has 0 spiro atoms. The maximum absolute atomic E-state index is 12.0. The number of hydrogen-bond donors (Lipinski definition) is 6. The van der Waals surface area contributed by atoms with Gasteiger partial charge in [-0.2, -0.15) is 0 Å². The first kappa shape index (κ1) is 21.5. The average Bonchev–Trinajstić information content (AvgIpc) is 2.47. The molecule has 0 aliphatic heterocycles. The van der Waals surface area contributed by atoms with Gasteiger partial charge in [0, 0.05) is 0 Å². The Morgan fingerprint density at radius 2 is 1.52 bits per heavy atom. The Morgan fingerprint density at radius 3 is 1.96 bits per heavy atom. The van der Waals surface area contributed by atoms with Crippen LogP contribution in [-0.2, 0) is 19.2 Å². The molecule has 0 heterocycles. The van der Waals surface area contributed by atoms with Gasteiger partial charge in [0.2, 0.25) is 0 Å². The minimum atomic E-state index is -2.13. The van der Waals surface area contributed by atoms with Crippen LogP contribution >= 0.6 is 0 Å². The molecule has 0 saturated heterocycles. The molecule has 0 bridgehead atoms. The van der Waals surface area contributed by atoms with Crippen molar-refractivity contribution in [3.05, 3.63) is 0 Å². The quantitative estimate of drug-likeness (QED) is 0.120. The van der Waals surface area contributed by atoms with Crippen molar-refractivity contribution in [3.8, 4) is 0 Å². The summed E-state index contributed by atoms with van der Waals surface area (Å²) in [5.41, 5.74) is 14.1. The average molecular weight is 398 g/mol. The summed E-state index contributed by atoms with van der Waals surface area (Å²) in [7, 11) is 0. The van der Waals surface area contributed by atoms with Crippen LogP contribution in [0.3, 0.4) is 0 Å². The third-order valence-electron chi connectivity index (χ3n) is 3.13. The molecule has 0 fully saturated rings. The normalized spacial score (nSPS) is 16.1. The molecule has 2 unspecified atom stereocenters. The van der Waals surface area contributed by atoms with Crippen molar-refractivity contribution in [3.63, 3.8) is 0 Å². The van der Waals surface area contributed by atoms with Crippen LogP contribution in [0.1, 0.15) is 19.3 Å². The van der Waals surface area contributed by atoms with Gasteiger partial charge in [0.05, 0.1) is 0 Å². The molecule has 9 N–H and O–H groups in total. The van der Waals surface area contributed by atoms with E-state index in [1.807, 2.05) is 0 Å². The minimum absolute atomic E-state index is 0.171. The molecule has 0 aromatic heterocycles. The van der Waals surface area contributed by atoms with Gasteiger partial charge < -0.3 is 0 Å². The number of aliphatic carboxylic acids is 3. The van der Waals surface area contributed by atoms with Gasteiger partial charge in [-0.3, -0.25) is 0 Å². The Balaban J connectivity index is 4.55. The van der Waals surface area contributed by atoms with E-state index in [1.165, 1.54) is 0 Å². The number of carbonyl (C=O) groups excluding carboxylic acids is 1. The van der Waals surface area contributed by atoms with Crippen LogP contribution in [0.25, 0.3) is 0 Å². The van der Waals surface area contributed by atoms with Crippen LogP contribution in [0, 0.1) is 0 Å². The van der Waals surface area contributed by atoms with E-state index < -0.39 is 41.3 Å². The van der Waals surface area contributed by atoms with Gasteiger partial charge in [0.25, 0.3) is 0 Å². The summed E-state index contributed by atoms with van der Waals surface area (Å²) in [5, 5.41) is 26.9. The first-order valence-corrected chi connectivity index (χ1v) is 9.04. The number of rotatable bonds is 12. The van der Waals surface area contributed by atoms with Gasteiger partial charge in [0.15, 0.2) is 0 Å². The van der Waals surface area contributed by atoms with E-state index in [-0.39, 0.29) is 44.9 Å². The number of ketones is 1. The van der Waals surface area contributed by atoms with E-state index in [0.29, 0.717) is 0 Å². The van der Waals surface area contributed by atoms with Crippen molar-refractivity contribution in [2.45, 2.75) is 47.5 Å². The zero-order valence-corrected chi connectivity index (χ0v) is 14.0. The number of nitrogens with two attached hydrogens (primary N) is 3. The summed E-state index contributed by atoms with van der Waals surface area (Å²) in [6.45, 7) is 0. The third-order valence-corrected chi connectivity index (χ3v) is 5.42. The molecule has 0 aliphatic carbocycles. The summed E-state index contributed by atoms with van der Waals surface area (Å²) >= 11 is -0.282. The fourth-order valence-electron chi connectivity index (χ4n) is 1.51. The topological polar surface area (TPSA) is 207 Å². The second kappa shape index (κ2) is 9.58. The Morgan fingerprint density at radius 1 is 1.00 bits per heavy atom. The molecule has 23 heavy (non-hydrogen) atoms. The molecule has 10 nitrogen and oxygen atoms in total. The summed E-state index contributed by atoms with van der Waals surface area (Å²) in [6.07, 6.45) is -0.747. The molecule has 0 aromatic rings. The molecule has 11 heteroatoms. The maximum atomic E-state index is 12.0.